The summed E-state index contributed by atoms with van der Waals surface area (Å²) in [4.78, 5) is 21.9. The molecule has 2 aromatic rings. The van der Waals surface area contributed by atoms with Crippen LogP contribution in [0.1, 0.15) is 5.56 Å². The van der Waals surface area contributed by atoms with E-state index in [-0.39, 0.29) is 17.3 Å². The van der Waals surface area contributed by atoms with Crippen LogP contribution < -0.4 is 10.2 Å². The van der Waals surface area contributed by atoms with Gasteiger partial charge >= 0.3 is 0 Å². The van der Waals surface area contributed by atoms with Gasteiger partial charge in [0.2, 0.25) is 0 Å². The lowest BCUT2D eigenvalue weighted by Gasteiger charge is -2.06. The lowest BCUT2D eigenvalue weighted by molar-refractivity contribution is -0.384. The fraction of sp³-hybridized carbons (Fsp3) is 0.0667. The van der Waals surface area contributed by atoms with Crippen LogP contribution in [0.5, 0.6) is 5.75 Å². The number of nitro groups is 1. The maximum atomic E-state index is 11.7. The number of carbonyl (C=O) groups is 1. The van der Waals surface area contributed by atoms with Gasteiger partial charge in [-0.25, -0.2) is 5.43 Å². The topological polar surface area (TPSA) is 93.8 Å². The minimum absolute atomic E-state index is 0.0343. The largest absolute Gasteiger partial charge is 0.483 e. The van der Waals surface area contributed by atoms with Crippen molar-refractivity contribution in [1.29, 1.82) is 0 Å². The van der Waals surface area contributed by atoms with Crippen LogP contribution in [0.15, 0.2) is 47.6 Å². The number of para-hydroxylation sites is 1. The first kappa shape index (κ1) is 18.1. The van der Waals surface area contributed by atoms with Gasteiger partial charge in [-0.15, -0.1) is 0 Å². The molecule has 0 aliphatic carbocycles. The molecular formula is C15H11ClIN3O4. The smallest absolute Gasteiger partial charge is 0.288 e. The summed E-state index contributed by atoms with van der Waals surface area (Å²) in [6.45, 7) is -0.196. The van der Waals surface area contributed by atoms with Gasteiger partial charge in [0, 0.05) is 11.6 Å². The Bertz CT molecular complexity index is 798. The summed E-state index contributed by atoms with van der Waals surface area (Å²) in [5, 5.41) is 14.6. The summed E-state index contributed by atoms with van der Waals surface area (Å²) in [5.74, 6) is 0.153. The Morgan fingerprint density at radius 3 is 2.83 bits per heavy atom. The van der Waals surface area contributed by atoms with Crippen molar-refractivity contribution in [2.24, 2.45) is 5.10 Å². The third-order valence-electron chi connectivity index (χ3n) is 2.77. The van der Waals surface area contributed by atoms with E-state index in [1.54, 1.807) is 18.2 Å². The van der Waals surface area contributed by atoms with Crippen LogP contribution in [0.2, 0.25) is 5.02 Å². The second kappa shape index (κ2) is 8.60. The quantitative estimate of drug-likeness (QED) is 0.310. The van der Waals surface area contributed by atoms with Crippen LogP contribution in [0, 0.1) is 13.7 Å². The molecule has 2 rings (SSSR count). The molecular weight excluding hydrogens is 449 g/mol. The number of benzene rings is 2. The summed E-state index contributed by atoms with van der Waals surface area (Å²) < 4.78 is 6.26. The SMILES string of the molecule is O=C(COc1ccccc1I)N/N=C/c1ccc(Cl)c([N+](=O)[O-])c1. The first-order chi connectivity index (χ1) is 11.5. The van der Waals surface area contributed by atoms with E-state index in [1.165, 1.54) is 18.3 Å². The molecule has 0 spiro atoms. The zero-order chi connectivity index (χ0) is 17.5. The van der Waals surface area contributed by atoms with Gasteiger partial charge in [-0.3, -0.25) is 14.9 Å². The molecule has 7 nitrogen and oxygen atoms in total. The van der Waals surface area contributed by atoms with Crippen molar-refractivity contribution >= 4 is 52.0 Å². The monoisotopic (exact) mass is 459 g/mol. The van der Waals surface area contributed by atoms with Gasteiger partial charge in [-0.1, -0.05) is 29.8 Å². The number of nitrogens with one attached hydrogen (secondary N) is 1. The minimum atomic E-state index is -0.590. The van der Waals surface area contributed by atoms with Crippen molar-refractivity contribution in [1.82, 2.24) is 5.43 Å². The van der Waals surface area contributed by atoms with Crippen molar-refractivity contribution in [2.75, 3.05) is 6.61 Å². The molecule has 1 N–H and O–H groups in total. The predicted molar refractivity (Wildman–Crippen MR) is 98.5 cm³/mol. The molecule has 0 bridgehead atoms. The van der Waals surface area contributed by atoms with Crippen LogP contribution in [0.4, 0.5) is 5.69 Å². The van der Waals surface area contributed by atoms with E-state index in [9.17, 15) is 14.9 Å². The Labute approximate surface area is 155 Å². The zero-order valence-electron chi connectivity index (χ0n) is 12.1. The molecule has 0 radical (unpaired) electrons. The highest BCUT2D eigenvalue weighted by molar-refractivity contribution is 14.1. The van der Waals surface area contributed by atoms with Crippen LogP contribution in [-0.4, -0.2) is 23.7 Å². The molecule has 0 aliphatic rings. The Morgan fingerprint density at radius 1 is 1.38 bits per heavy atom. The number of halogens is 2. The Kier molecular flexibility index (Phi) is 6.50. The second-order valence-corrected chi connectivity index (χ2v) is 6.05. The number of amides is 1. The maximum absolute atomic E-state index is 11.7. The third-order valence-corrected chi connectivity index (χ3v) is 3.98. The molecule has 0 atom stereocenters. The number of ether oxygens (including phenoxy) is 1. The summed E-state index contributed by atoms with van der Waals surface area (Å²) in [6, 6.07) is 11.5. The average Bonchev–Trinajstić information content (AvgIpc) is 2.55. The Hall–Kier alpha value is -2.20. The van der Waals surface area contributed by atoms with Gasteiger partial charge in [0.1, 0.15) is 10.8 Å². The zero-order valence-corrected chi connectivity index (χ0v) is 15.0. The first-order valence-corrected chi connectivity index (χ1v) is 8.06. The van der Waals surface area contributed by atoms with Gasteiger partial charge in [0.25, 0.3) is 11.6 Å². The van der Waals surface area contributed by atoms with E-state index in [4.69, 9.17) is 16.3 Å². The fourth-order valence-corrected chi connectivity index (χ4v) is 2.40. The van der Waals surface area contributed by atoms with Gasteiger partial charge in [0.05, 0.1) is 14.7 Å². The lowest BCUT2D eigenvalue weighted by Crippen LogP contribution is -2.24. The molecule has 0 unspecified atom stereocenters. The van der Waals surface area contributed by atoms with Gasteiger partial charge in [-0.05, 0) is 40.8 Å². The normalized spacial score (nSPS) is 10.6. The summed E-state index contributed by atoms with van der Waals surface area (Å²) >= 11 is 7.82. The third kappa shape index (κ3) is 5.17. The molecule has 0 saturated carbocycles. The van der Waals surface area contributed by atoms with Gasteiger partial charge in [-0.2, -0.15) is 5.10 Å². The number of rotatable bonds is 6. The molecule has 0 heterocycles. The molecule has 0 fully saturated rings. The van der Waals surface area contributed by atoms with E-state index in [0.29, 0.717) is 11.3 Å². The lowest BCUT2D eigenvalue weighted by atomic mass is 10.2. The van der Waals surface area contributed by atoms with Gasteiger partial charge < -0.3 is 4.74 Å². The van der Waals surface area contributed by atoms with Crippen molar-refractivity contribution in [2.45, 2.75) is 0 Å². The molecule has 0 aromatic heterocycles. The van der Waals surface area contributed by atoms with Crippen LogP contribution in [0.25, 0.3) is 0 Å². The molecule has 2 aromatic carbocycles. The van der Waals surface area contributed by atoms with Crippen LogP contribution in [0.3, 0.4) is 0 Å². The van der Waals surface area contributed by atoms with Crippen LogP contribution >= 0.6 is 34.2 Å². The van der Waals surface area contributed by atoms with Gasteiger partial charge in [0.15, 0.2) is 6.61 Å². The van der Waals surface area contributed by atoms with Crippen molar-refractivity contribution in [3.63, 3.8) is 0 Å². The molecule has 124 valence electrons. The first-order valence-electron chi connectivity index (χ1n) is 6.60. The maximum Gasteiger partial charge on any atom is 0.288 e. The fourth-order valence-electron chi connectivity index (χ4n) is 1.67. The number of hydrazone groups is 1. The number of hydrogen-bond acceptors (Lipinski definition) is 5. The highest BCUT2D eigenvalue weighted by Crippen LogP contribution is 2.24. The van der Waals surface area contributed by atoms with Crippen LogP contribution in [-0.2, 0) is 4.79 Å². The molecule has 9 heteroatoms. The van der Waals surface area contributed by atoms with Crippen molar-refractivity contribution in [3.8, 4) is 5.75 Å². The van der Waals surface area contributed by atoms with E-state index in [0.717, 1.165) is 3.57 Å². The summed E-state index contributed by atoms with van der Waals surface area (Å²) in [5.41, 5.74) is 2.49. The Morgan fingerprint density at radius 2 is 2.12 bits per heavy atom. The number of carbonyl (C=O) groups excluding carboxylic acids is 1. The van der Waals surface area contributed by atoms with E-state index in [2.05, 4.69) is 33.1 Å². The number of hydrogen-bond donors (Lipinski definition) is 1. The van der Waals surface area contributed by atoms with Crippen molar-refractivity contribution < 1.29 is 14.5 Å². The molecule has 24 heavy (non-hydrogen) atoms. The summed E-state index contributed by atoms with van der Waals surface area (Å²) in [6.07, 6.45) is 1.29. The van der Waals surface area contributed by atoms with E-state index >= 15 is 0 Å². The highest BCUT2D eigenvalue weighted by atomic mass is 127. The average molecular weight is 460 g/mol. The predicted octanol–water partition coefficient (Wildman–Crippen LogP) is 3.38. The molecule has 0 saturated heterocycles. The molecule has 0 aliphatic heterocycles. The molecule has 1 amide bonds. The van der Waals surface area contributed by atoms with Crippen molar-refractivity contribution in [3.05, 3.63) is 66.7 Å². The number of nitro benzene ring substituents is 1. The standard InChI is InChI=1S/C15H11ClIN3O4/c16-11-6-5-10(7-13(11)20(22)23)8-18-19-15(21)9-24-14-4-2-1-3-12(14)17/h1-8H,9H2,(H,19,21)/b18-8+. The second-order valence-electron chi connectivity index (χ2n) is 4.48. The number of nitrogens with zero attached hydrogens (tertiary/aromatic N) is 2. The van der Waals surface area contributed by atoms with E-state index < -0.39 is 10.8 Å². The van der Waals surface area contributed by atoms with E-state index in [1.807, 2.05) is 12.1 Å². The Balaban J connectivity index is 1.90. The minimum Gasteiger partial charge on any atom is -0.483 e. The highest BCUT2D eigenvalue weighted by Gasteiger charge is 2.11. The summed E-state index contributed by atoms with van der Waals surface area (Å²) in [7, 11) is 0.